The number of aliphatic hydroxyl groups is 1. The zero-order valence-electron chi connectivity index (χ0n) is 10.6. The number of para-hydroxylation sites is 1. The minimum absolute atomic E-state index is 0.277. The second-order valence-corrected chi connectivity index (χ2v) is 4.78. The highest BCUT2D eigenvalue weighted by Gasteiger charge is 2.20. The van der Waals surface area contributed by atoms with Gasteiger partial charge in [0, 0.05) is 23.5 Å². The maximum Gasteiger partial charge on any atom is 0.130 e. The van der Waals surface area contributed by atoms with Crippen LogP contribution in [0.5, 0.6) is 0 Å². The highest BCUT2D eigenvalue weighted by molar-refractivity contribution is 5.70. The van der Waals surface area contributed by atoms with Crippen LogP contribution in [0.2, 0.25) is 0 Å². The highest BCUT2D eigenvalue weighted by Crippen LogP contribution is 2.35. The molecule has 0 radical (unpaired) electrons. The van der Waals surface area contributed by atoms with E-state index in [1.807, 2.05) is 18.2 Å². The third-order valence-corrected chi connectivity index (χ3v) is 3.65. The Hall–Kier alpha value is -1.87. The van der Waals surface area contributed by atoms with Gasteiger partial charge in [-0.3, -0.25) is 0 Å². The average molecular weight is 257 g/mol. The van der Waals surface area contributed by atoms with Crippen molar-refractivity contribution in [3.8, 4) is 0 Å². The summed E-state index contributed by atoms with van der Waals surface area (Å²) in [6.07, 6.45) is 2.09. The molecule has 2 nitrogen and oxygen atoms in total. The van der Waals surface area contributed by atoms with Crippen LogP contribution in [-0.4, -0.2) is 11.7 Å². The molecule has 2 aromatic rings. The Labute approximate surface area is 112 Å². The van der Waals surface area contributed by atoms with Gasteiger partial charge in [-0.1, -0.05) is 24.3 Å². The molecule has 0 spiro atoms. The molecule has 0 amide bonds. The number of fused-ring (bicyclic) bond motifs is 1. The molecule has 3 rings (SSSR count). The lowest BCUT2D eigenvalue weighted by molar-refractivity contribution is 0.276. The quantitative estimate of drug-likeness (QED) is 0.891. The number of halogens is 1. The van der Waals surface area contributed by atoms with Gasteiger partial charge in [-0.15, -0.1) is 0 Å². The summed E-state index contributed by atoms with van der Waals surface area (Å²) in [6.45, 7) is 0.578. The van der Waals surface area contributed by atoms with Gasteiger partial charge in [-0.2, -0.15) is 0 Å². The van der Waals surface area contributed by atoms with Crippen molar-refractivity contribution in [2.75, 3.05) is 11.4 Å². The number of aryl methyl sites for hydroxylation is 1. The monoisotopic (exact) mass is 257 g/mol. The van der Waals surface area contributed by atoms with Crippen LogP contribution in [0.3, 0.4) is 0 Å². The second-order valence-electron chi connectivity index (χ2n) is 4.78. The molecule has 0 unspecified atom stereocenters. The summed E-state index contributed by atoms with van der Waals surface area (Å²) in [7, 11) is 0. The summed E-state index contributed by atoms with van der Waals surface area (Å²) in [6, 6.07) is 13.2. The van der Waals surface area contributed by atoms with Crippen molar-refractivity contribution in [3.63, 3.8) is 0 Å². The molecule has 98 valence electrons. The first-order valence-corrected chi connectivity index (χ1v) is 6.55. The van der Waals surface area contributed by atoms with E-state index in [1.165, 1.54) is 11.6 Å². The lowest BCUT2D eigenvalue weighted by atomic mass is 10.00. The molecule has 0 saturated heterocycles. The van der Waals surface area contributed by atoms with Gasteiger partial charge in [0.15, 0.2) is 0 Å². The molecule has 3 heteroatoms. The first-order chi connectivity index (χ1) is 9.31. The Morgan fingerprint density at radius 1 is 1.05 bits per heavy atom. The Bertz CT molecular complexity index is 597. The molecule has 19 heavy (non-hydrogen) atoms. The number of rotatable bonds is 2. The van der Waals surface area contributed by atoms with Crippen LogP contribution in [0.25, 0.3) is 0 Å². The molecule has 1 aliphatic rings. The minimum atomic E-state index is -0.344. The number of benzene rings is 2. The van der Waals surface area contributed by atoms with Gasteiger partial charge in [0.1, 0.15) is 5.82 Å². The molecule has 0 aromatic heterocycles. The number of hydrogen-bond donors (Lipinski definition) is 1. The molecule has 0 saturated carbocycles. The van der Waals surface area contributed by atoms with Gasteiger partial charge in [-0.05, 0) is 36.6 Å². The normalized spacial score (nSPS) is 14.3. The summed E-state index contributed by atoms with van der Waals surface area (Å²) in [5.41, 5.74) is 3.55. The predicted octanol–water partition coefficient (Wildman–Crippen LogP) is 3.40. The van der Waals surface area contributed by atoms with Crippen LogP contribution in [0.15, 0.2) is 42.5 Å². The van der Waals surface area contributed by atoms with Crippen molar-refractivity contribution in [1.29, 1.82) is 0 Å². The summed E-state index contributed by atoms with van der Waals surface area (Å²) in [5, 5.41) is 9.41. The molecule has 0 aliphatic carbocycles. The topological polar surface area (TPSA) is 23.5 Å². The van der Waals surface area contributed by atoms with Gasteiger partial charge in [0.2, 0.25) is 0 Å². The van der Waals surface area contributed by atoms with Crippen molar-refractivity contribution in [3.05, 3.63) is 59.4 Å². The van der Waals surface area contributed by atoms with Crippen molar-refractivity contribution in [2.24, 2.45) is 0 Å². The molecule has 2 aromatic carbocycles. The fourth-order valence-electron chi connectivity index (χ4n) is 2.74. The summed E-state index contributed by atoms with van der Waals surface area (Å²) in [5.74, 6) is -0.344. The maximum absolute atomic E-state index is 13.8. The second kappa shape index (κ2) is 5.02. The first kappa shape index (κ1) is 12.2. The van der Waals surface area contributed by atoms with E-state index in [2.05, 4.69) is 17.0 Å². The Balaban J connectivity index is 2.12. The van der Waals surface area contributed by atoms with E-state index in [4.69, 9.17) is 0 Å². The van der Waals surface area contributed by atoms with Crippen LogP contribution in [0.1, 0.15) is 17.5 Å². The molecule has 0 fully saturated rings. The van der Waals surface area contributed by atoms with E-state index in [1.54, 1.807) is 6.07 Å². The SMILES string of the molecule is OCc1c(F)cccc1N1CCCc2ccccc21. The van der Waals surface area contributed by atoms with Crippen LogP contribution in [0, 0.1) is 5.82 Å². The zero-order chi connectivity index (χ0) is 13.2. The van der Waals surface area contributed by atoms with Crippen LogP contribution >= 0.6 is 0 Å². The van der Waals surface area contributed by atoms with Crippen LogP contribution < -0.4 is 4.90 Å². The van der Waals surface area contributed by atoms with Crippen LogP contribution in [0.4, 0.5) is 15.8 Å². The van der Waals surface area contributed by atoms with Crippen LogP contribution in [-0.2, 0) is 13.0 Å². The van der Waals surface area contributed by atoms with E-state index in [0.29, 0.717) is 5.56 Å². The summed E-state index contributed by atoms with van der Waals surface area (Å²) >= 11 is 0. The van der Waals surface area contributed by atoms with Gasteiger partial charge >= 0.3 is 0 Å². The standard InChI is InChI=1S/C16H16FNO/c17-14-7-3-9-16(13(14)11-19)18-10-4-6-12-5-1-2-8-15(12)18/h1-3,5,7-9,19H,4,6,10-11H2. The molecular formula is C16H16FNO. The number of aliphatic hydroxyl groups excluding tert-OH is 1. The van der Waals surface area contributed by atoms with E-state index < -0.39 is 0 Å². The van der Waals surface area contributed by atoms with Gasteiger partial charge in [-0.25, -0.2) is 4.39 Å². The average Bonchev–Trinajstić information content (AvgIpc) is 2.46. The van der Waals surface area contributed by atoms with Gasteiger partial charge in [0.05, 0.1) is 6.61 Å². The van der Waals surface area contributed by atoms with E-state index in [0.717, 1.165) is 30.8 Å². The first-order valence-electron chi connectivity index (χ1n) is 6.55. The van der Waals surface area contributed by atoms with Crippen molar-refractivity contribution in [1.82, 2.24) is 0 Å². The Morgan fingerprint density at radius 2 is 1.84 bits per heavy atom. The fraction of sp³-hybridized carbons (Fsp3) is 0.250. The smallest absolute Gasteiger partial charge is 0.130 e. The van der Waals surface area contributed by atoms with Crippen molar-refractivity contribution in [2.45, 2.75) is 19.4 Å². The zero-order valence-corrected chi connectivity index (χ0v) is 10.6. The third kappa shape index (κ3) is 2.10. The molecule has 1 aliphatic heterocycles. The van der Waals surface area contributed by atoms with E-state index >= 15 is 0 Å². The molecule has 0 atom stereocenters. The van der Waals surface area contributed by atoms with E-state index in [-0.39, 0.29) is 12.4 Å². The molecule has 1 N–H and O–H groups in total. The maximum atomic E-state index is 13.8. The largest absolute Gasteiger partial charge is 0.391 e. The number of nitrogens with zero attached hydrogens (tertiary/aromatic N) is 1. The van der Waals surface area contributed by atoms with Crippen molar-refractivity contribution >= 4 is 11.4 Å². The lowest BCUT2D eigenvalue weighted by Gasteiger charge is -2.32. The van der Waals surface area contributed by atoms with Crippen molar-refractivity contribution < 1.29 is 9.50 Å². The summed E-state index contributed by atoms with van der Waals surface area (Å²) in [4.78, 5) is 2.10. The Morgan fingerprint density at radius 3 is 2.68 bits per heavy atom. The molecule has 1 heterocycles. The Kier molecular flexibility index (Phi) is 3.22. The number of anilines is 2. The predicted molar refractivity (Wildman–Crippen MR) is 74.1 cm³/mol. The molecular weight excluding hydrogens is 241 g/mol. The lowest BCUT2D eigenvalue weighted by Crippen LogP contribution is -2.25. The summed E-state index contributed by atoms with van der Waals surface area (Å²) < 4.78 is 13.8. The fourth-order valence-corrected chi connectivity index (χ4v) is 2.74. The minimum Gasteiger partial charge on any atom is -0.391 e. The van der Waals surface area contributed by atoms with Gasteiger partial charge < -0.3 is 10.0 Å². The van der Waals surface area contributed by atoms with Gasteiger partial charge in [0.25, 0.3) is 0 Å². The highest BCUT2D eigenvalue weighted by atomic mass is 19.1. The van der Waals surface area contributed by atoms with E-state index in [9.17, 15) is 9.50 Å². The molecule has 0 bridgehead atoms. The number of hydrogen-bond acceptors (Lipinski definition) is 2. The third-order valence-electron chi connectivity index (χ3n) is 3.65.